The molecule has 1 aromatic heterocycles. The molecule has 3 fully saturated rings. The molecule has 8 rings (SSSR count). The van der Waals surface area contributed by atoms with Gasteiger partial charge in [-0.15, -0.1) is 0 Å². The molecule has 2 aromatic carbocycles. The number of ether oxygens (including phenoxy) is 10. The van der Waals surface area contributed by atoms with Crippen molar-refractivity contribution >= 4 is 47.5 Å². The largest absolute Gasteiger partial charge is 0.493 e. The van der Waals surface area contributed by atoms with Crippen LogP contribution in [0.15, 0.2) is 69.7 Å². The molecular weight excluding hydrogens is 1020 g/mol. The highest BCUT2D eigenvalue weighted by molar-refractivity contribution is 6.05. The molecule has 0 N–H and O–H groups in total. The highest BCUT2D eigenvalue weighted by atomic mass is 16.5. The average Bonchev–Trinajstić information content (AvgIpc) is 4.16. The number of carbonyl (C=O) groups is 4. The van der Waals surface area contributed by atoms with Crippen molar-refractivity contribution < 1.29 is 66.5 Å². The lowest BCUT2D eigenvalue weighted by atomic mass is 10.1. The second-order valence-corrected chi connectivity index (χ2v) is 19.4. The summed E-state index contributed by atoms with van der Waals surface area (Å²) in [6.07, 6.45) is 9.83. The number of carbonyl (C=O) groups excluding carboxylic acids is 4. The second kappa shape index (κ2) is 29.3. The van der Waals surface area contributed by atoms with Gasteiger partial charge >= 0.3 is 5.97 Å². The third-order valence-corrected chi connectivity index (χ3v) is 14.2. The number of amides is 3. The average molecular weight is 1090 g/mol. The molecule has 3 amide bonds. The molecule has 0 unspecified atom stereocenters. The number of methoxy groups -OCH3 is 2. The maximum atomic E-state index is 13.8. The molecule has 3 saturated heterocycles. The standard InChI is InChI=1S/C58H75N7O14/c1-6-40-26-44-34-59-49-32-53(51(70-4)30-47(49)57(68)64(44)36-40)78-38-42-28-46(29-43(61-42)39-79-54-33-50-48(31-52(54)71-5)58(69)65-37-41(7-2)27-45(65)35-60-50)77-21-16-63(12-9-10-56(67)76-8-3)55(66)11-17-72-22-24-75-25-23-74-20-15-62-13-18-73-19-14-62/h6-7,28-35,44-45H,8-27,36-39H2,1-5H3/t44-,45-/m0/s1. The van der Waals surface area contributed by atoms with E-state index in [9.17, 15) is 19.2 Å². The molecule has 0 spiro atoms. The van der Waals surface area contributed by atoms with E-state index in [1.807, 2.05) is 48.2 Å². The van der Waals surface area contributed by atoms with Gasteiger partial charge in [-0.1, -0.05) is 23.3 Å². The zero-order chi connectivity index (χ0) is 55.5. The molecule has 5 aliphatic heterocycles. The number of pyridine rings is 1. The van der Waals surface area contributed by atoms with Gasteiger partial charge in [-0.25, -0.2) is 0 Å². The van der Waals surface area contributed by atoms with Crippen molar-refractivity contribution in [2.45, 2.75) is 78.2 Å². The van der Waals surface area contributed by atoms with Crippen LogP contribution >= 0.6 is 0 Å². The summed E-state index contributed by atoms with van der Waals surface area (Å²) in [7, 11) is 3.03. The minimum absolute atomic E-state index is 0.0470. The molecule has 21 nitrogen and oxygen atoms in total. The van der Waals surface area contributed by atoms with E-state index in [1.54, 1.807) is 48.2 Å². The lowest BCUT2D eigenvalue weighted by Gasteiger charge is -2.26. The Morgan fingerprint density at radius 3 is 1.75 bits per heavy atom. The Hall–Kier alpha value is -6.91. The Bertz CT molecular complexity index is 2590. The van der Waals surface area contributed by atoms with Crippen LogP contribution in [-0.4, -0.2) is 199 Å². The predicted molar refractivity (Wildman–Crippen MR) is 294 cm³/mol. The number of fused-ring (bicyclic) bond motifs is 4. The summed E-state index contributed by atoms with van der Waals surface area (Å²) in [5.41, 5.74) is 5.06. The van der Waals surface area contributed by atoms with Gasteiger partial charge in [-0.3, -0.25) is 39.0 Å². The van der Waals surface area contributed by atoms with Gasteiger partial charge in [-0.05, 0) is 52.2 Å². The molecule has 2 atom stereocenters. The Morgan fingerprint density at radius 2 is 1.22 bits per heavy atom. The number of aromatic nitrogens is 1. The van der Waals surface area contributed by atoms with Crippen LogP contribution in [0, 0.1) is 0 Å². The van der Waals surface area contributed by atoms with Crippen molar-refractivity contribution in [2.24, 2.45) is 9.98 Å². The van der Waals surface area contributed by atoms with E-state index in [-0.39, 0.29) is 88.2 Å². The fourth-order valence-electron chi connectivity index (χ4n) is 9.84. The Balaban J connectivity index is 0.934. The summed E-state index contributed by atoms with van der Waals surface area (Å²) >= 11 is 0. The normalized spacial score (nSPS) is 18.7. The van der Waals surface area contributed by atoms with Crippen molar-refractivity contribution in [3.63, 3.8) is 0 Å². The van der Waals surface area contributed by atoms with Crippen LogP contribution in [-0.2, 0) is 46.5 Å². The van der Waals surface area contributed by atoms with Gasteiger partial charge in [0.2, 0.25) is 5.91 Å². The minimum Gasteiger partial charge on any atom is -0.493 e. The molecule has 0 aliphatic carbocycles. The van der Waals surface area contributed by atoms with Crippen LogP contribution in [0.2, 0.25) is 0 Å². The molecule has 0 bridgehead atoms. The second-order valence-electron chi connectivity index (χ2n) is 19.4. The van der Waals surface area contributed by atoms with Crippen LogP contribution in [0.25, 0.3) is 0 Å². The summed E-state index contributed by atoms with van der Waals surface area (Å²) in [4.78, 5) is 75.5. The Kier molecular flexibility index (Phi) is 21.6. The van der Waals surface area contributed by atoms with Gasteiger partial charge in [0.1, 0.15) is 25.6 Å². The predicted octanol–water partition coefficient (Wildman–Crippen LogP) is 6.33. The van der Waals surface area contributed by atoms with E-state index in [0.717, 1.165) is 45.7 Å². The summed E-state index contributed by atoms with van der Waals surface area (Å²) in [5.74, 6) is 1.07. The van der Waals surface area contributed by atoms with Gasteiger partial charge in [0.05, 0.1) is 133 Å². The summed E-state index contributed by atoms with van der Waals surface area (Å²) in [5, 5.41) is 0. The zero-order valence-electron chi connectivity index (χ0n) is 46.2. The quantitative estimate of drug-likeness (QED) is 0.0422. The fourth-order valence-corrected chi connectivity index (χ4v) is 9.84. The molecule has 0 radical (unpaired) electrons. The first-order chi connectivity index (χ1) is 38.6. The number of hydrogen-bond acceptors (Lipinski definition) is 18. The maximum Gasteiger partial charge on any atom is 0.305 e. The molecule has 6 heterocycles. The third kappa shape index (κ3) is 15.9. The van der Waals surface area contributed by atoms with Gasteiger partial charge in [0, 0.05) is 82.4 Å². The third-order valence-electron chi connectivity index (χ3n) is 14.2. The van der Waals surface area contributed by atoms with Crippen molar-refractivity contribution in [2.75, 3.05) is 126 Å². The van der Waals surface area contributed by atoms with E-state index in [2.05, 4.69) is 4.90 Å². The molecule has 426 valence electrons. The lowest BCUT2D eigenvalue weighted by Crippen LogP contribution is -2.38. The minimum atomic E-state index is -0.334. The first-order valence-electron chi connectivity index (χ1n) is 27.3. The number of allylic oxidation sites excluding steroid dienone is 2. The SMILES string of the molecule is CC=C1C[C@H]2C=Nc3cc(OCc4cc(OCCN(CCCC(=O)OCC)C(=O)CCOCCOCCOCCN5CCOCC5)cc(COc5cc6c(cc5OC)C(=O)N5CC(=CC)C[C@H]5C=N6)n4)c(OC)cc3C(=O)N2C1. The fraction of sp³-hybridized carbons (Fsp3) is 0.534. The van der Waals surface area contributed by atoms with Gasteiger partial charge < -0.3 is 62.1 Å². The van der Waals surface area contributed by atoms with E-state index in [0.29, 0.717) is 122 Å². The molecule has 79 heavy (non-hydrogen) atoms. The van der Waals surface area contributed by atoms with Crippen LogP contribution < -0.4 is 23.7 Å². The van der Waals surface area contributed by atoms with Crippen molar-refractivity contribution in [3.8, 4) is 28.7 Å². The van der Waals surface area contributed by atoms with Gasteiger partial charge in [-0.2, -0.15) is 0 Å². The monoisotopic (exact) mass is 1090 g/mol. The molecule has 21 heteroatoms. The lowest BCUT2D eigenvalue weighted by molar-refractivity contribution is -0.144. The van der Waals surface area contributed by atoms with Gasteiger partial charge in [0.15, 0.2) is 23.0 Å². The van der Waals surface area contributed by atoms with Crippen LogP contribution in [0.3, 0.4) is 0 Å². The topological polar surface area (TPSA) is 211 Å². The number of rotatable bonds is 29. The van der Waals surface area contributed by atoms with E-state index >= 15 is 0 Å². The number of benzene rings is 2. The van der Waals surface area contributed by atoms with Crippen molar-refractivity contribution in [3.05, 3.63) is 82.2 Å². The number of aliphatic imine (C=N–C) groups is 2. The maximum absolute atomic E-state index is 13.8. The van der Waals surface area contributed by atoms with Crippen LogP contribution in [0.1, 0.15) is 85.0 Å². The van der Waals surface area contributed by atoms with Crippen molar-refractivity contribution in [1.82, 2.24) is 24.6 Å². The molecule has 0 saturated carbocycles. The number of nitrogens with zero attached hydrogens (tertiary/aromatic N) is 7. The zero-order valence-corrected chi connectivity index (χ0v) is 46.2. The summed E-state index contributed by atoms with van der Waals surface area (Å²) < 4.78 is 58.4. The number of hydrogen-bond donors (Lipinski definition) is 0. The van der Waals surface area contributed by atoms with Crippen LogP contribution in [0.4, 0.5) is 11.4 Å². The molecular formula is C58H75N7O14. The summed E-state index contributed by atoms with van der Waals surface area (Å²) in [6, 6.07) is 9.91. The molecule has 3 aromatic rings. The molecule has 5 aliphatic rings. The van der Waals surface area contributed by atoms with E-state index in [4.69, 9.17) is 62.3 Å². The number of morpholine rings is 1. The Labute approximate surface area is 462 Å². The van der Waals surface area contributed by atoms with E-state index in [1.165, 1.54) is 25.4 Å². The Morgan fingerprint density at radius 1 is 0.671 bits per heavy atom. The van der Waals surface area contributed by atoms with E-state index < -0.39 is 0 Å². The first kappa shape index (κ1) is 58.2. The van der Waals surface area contributed by atoms with Gasteiger partial charge in [0.25, 0.3) is 11.8 Å². The van der Waals surface area contributed by atoms with Crippen LogP contribution in [0.5, 0.6) is 28.7 Å². The highest BCUT2D eigenvalue weighted by Gasteiger charge is 2.36. The smallest absolute Gasteiger partial charge is 0.305 e. The van der Waals surface area contributed by atoms with Crippen molar-refractivity contribution in [1.29, 1.82) is 0 Å². The highest BCUT2D eigenvalue weighted by Crippen LogP contribution is 2.41. The number of esters is 1. The summed E-state index contributed by atoms with van der Waals surface area (Å²) in [6.45, 7) is 14.2. The first-order valence-corrected chi connectivity index (χ1v) is 27.3.